The average molecular weight is 274 g/mol. The lowest BCUT2D eigenvalue weighted by Gasteiger charge is -2.09. The minimum atomic E-state index is -0.446. The van der Waals surface area contributed by atoms with Gasteiger partial charge in [-0.25, -0.2) is 9.97 Å². The van der Waals surface area contributed by atoms with Gasteiger partial charge in [0.1, 0.15) is 0 Å². The van der Waals surface area contributed by atoms with E-state index in [9.17, 15) is 10.1 Å². The van der Waals surface area contributed by atoms with Crippen LogP contribution in [-0.2, 0) is 0 Å². The number of nitrogens with one attached hydrogen (secondary N) is 1. The molecule has 0 bridgehead atoms. The molecule has 1 N–H and O–H groups in total. The van der Waals surface area contributed by atoms with Crippen molar-refractivity contribution in [2.24, 2.45) is 5.92 Å². The van der Waals surface area contributed by atoms with Crippen LogP contribution in [0.4, 0.5) is 5.69 Å². The van der Waals surface area contributed by atoms with Crippen molar-refractivity contribution in [1.82, 2.24) is 15.3 Å². The SMILES string of the molecule is O=[N+]([O-])c1ccc2nc(OC[C@H]3CCNC3)cnc2c1. The molecule has 0 amide bonds. The summed E-state index contributed by atoms with van der Waals surface area (Å²) in [7, 11) is 0. The number of non-ortho nitro benzene ring substituents is 1. The number of rotatable bonds is 4. The van der Waals surface area contributed by atoms with E-state index in [4.69, 9.17) is 4.74 Å². The second-order valence-electron chi connectivity index (χ2n) is 4.81. The van der Waals surface area contributed by atoms with Crippen molar-refractivity contribution in [2.75, 3.05) is 19.7 Å². The van der Waals surface area contributed by atoms with Gasteiger partial charge in [0.2, 0.25) is 5.88 Å². The van der Waals surface area contributed by atoms with Gasteiger partial charge in [-0.15, -0.1) is 0 Å². The molecule has 1 saturated heterocycles. The molecular weight excluding hydrogens is 260 g/mol. The van der Waals surface area contributed by atoms with E-state index in [-0.39, 0.29) is 5.69 Å². The number of benzene rings is 1. The fourth-order valence-corrected chi connectivity index (χ4v) is 2.23. The van der Waals surface area contributed by atoms with E-state index in [1.165, 1.54) is 18.3 Å². The quantitative estimate of drug-likeness (QED) is 0.671. The van der Waals surface area contributed by atoms with E-state index in [1.807, 2.05) is 0 Å². The van der Waals surface area contributed by atoms with Crippen LogP contribution >= 0.6 is 0 Å². The van der Waals surface area contributed by atoms with Gasteiger partial charge in [0.15, 0.2) is 0 Å². The Kier molecular flexibility index (Phi) is 3.42. The third-order valence-electron chi connectivity index (χ3n) is 3.34. The number of ether oxygens (including phenoxy) is 1. The Morgan fingerprint density at radius 3 is 3.10 bits per heavy atom. The first kappa shape index (κ1) is 12.7. The predicted molar refractivity (Wildman–Crippen MR) is 72.7 cm³/mol. The Bertz CT molecular complexity index is 641. The van der Waals surface area contributed by atoms with Crippen LogP contribution < -0.4 is 10.1 Å². The standard InChI is InChI=1S/C13H14N4O3/c18-17(19)10-1-2-11-12(5-10)15-7-13(16-11)20-8-9-3-4-14-6-9/h1-2,5,7,9,14H,3-4,6,8H2/t9-/m0/s1. The molecule has 0 radical (unpaired) electrons. The summed E-state index contributed by atoms with van der Waals surface area (Å²) in [6.45, 7) is 2.61. The van der Waals surface area contributed by atoms with E-state index in [1.54, 1.807) is 6.07 Å². The molecule has 0 saturated carbocycles. The lowest BCUT2D eigenvalue weighted by Crippen LogP contribution is -2.15. The maximum absolute atomic E-state index is 10.7. The van der Waals surface area contributed by atoms with E-state index in [0.717, 1.165) is 19.5 Å². The summed E-state index contributed by atoms with van der Waals surface area (Å²) >= 11 is 0. The number of nitro groups is 1. The lowest BCUT2D eigenvalue weighted by atomic mass is 10.1. The zero-order valence-corrected chi connectivity index (χ0v) is 10.8. The highest BCUT2D eigenvalue weighted by Gasteiger charge is 2.15. The normalized spacial score (nSPS) is 18.3. The van der Waals surface area contributed by atoms with Crippen molar-refractivity contribution in [2.45, 2.75) is 6.42 Å². The molecule has 104 valence electrons. The third kappa shape index (κ3) is 2.67. The largest absolute Gasteiger partial charge is 0.476 e. The van der Waals surface area contributed by atoms with Crippen LogP contribution in [0.3, 0.4) is 0 Å². The number of nitro benzene ring substituents is 1. The first-order valence-corrected chi connectivity index (χ1v) is 6.47. The number of hydrogen-bond acceptors (Lipinski definition) is 6. The zero-order chi connectivity index (χ0) is 13.9. The fraction of sp³-hybridized carbons (Fsp3) is 0.385. The molecular formula is C13H14N4O3. The molecule has 1 aromatic heterocycles. The van der Waals surface area contributed by atoms with Gasteiger partial charge >= 0.3 is 0 Å². The summed E-state index contributed by atoms with van der Waals surface area (Å²) < 4.78 is 5.63. The van der Waals surface area contributed by atoms with Crippen LogP contribution in [0.2, 0.25) is 0 Å². The highest BCUT2D eigenvalue weighted by molar-refractivity contribution is 5.77. The molecule has 0 aliphatic carbocycles. The minimum Gasteiger partial charge on any atom is -0.476 e. The van der Waals surface area contributed by atoms with Crippen LogP contribution in [0, 0.1) is 16.0 Å². The molecule has 0 spiro atoms. The molecule has 1 aliphatic heterocycles. The fourth-order valence-electron chi connectivity index (χ4n) is 2.23. The van der Waals surface area contributed by atoms with Crippen LogP contribution in [0.1, 0.15) is 6.42 Å². The molecule has 7 nitrogen and oxygen atoms in total. The van der Waals surface area contributed by atoms with Gasteiger partial charge in [0.05, 0.1) is 28.8 Å². The van der Waals surface area contributed by atoms with Crippen LogP contribution in [0.15, 0.2) is 24.4 Å². The Labute approximate surface area is 115 Å². The van der Waals surface area contributed by atoms with E-state index in [0.29, 0.717) is 29.4 Å². The molecule has 1 aromatic carbocycles. The van der Waals surface area contributed by atoms with Crippen molar-refractivity contribution in [3.63, 3.8) is 0 Å². The molecule has 2 heterocycles. The maximum atomic E-state index is 10.7. The molecule has 3 rings (SSSR count). The molecule has 1 fully saturated rings. The van der Waals surface area contributed by atoms with Crippen molar-refractivity contribution >= 4 is 16.7 Å². The zero-order valence-electron chi connectivity index (χ0n) is 10.8. The summed E-state index contributed by atoms with van der Waals surface area (Å²) in [5.74, 6) is 0.961. The molecule has 0 unspecified atom stereocenters. The summed E-state index contributed by atoms with van der Waals surface area (Å²) in [5, 5.41) is 14.0. The first-order chi connectivity index (χ1) is 9.72. The van der Waals surface area contributed by atoms with Gasteiger partial charge in [-0.05, 0) is 19.0 Å². The van der Waals surface area contributed by atoms with Gasteiger partial charge in [-0.1, -0.05) is 0 Å². The first-order valence-electron chi connectivity index (χ1n) is 6.47. The highest BCUT2D eigenvalue weighted by Crippen LogP contribution is 2.20. The minimum absolute atomic E-state index is 0.0116. The Hall–Kier alpha value is -2.28. The van der Waals surface area contributed by atoms with E-state index in [2.05, 4.69) is 15.3 Å². The number of fused-ring (bicyclic) bond motifs is 1. The van der Waals surface area contributed by atoms with Crippen LogP contribution in [0.25, 0.3) is 11.0 Å². The topological polar surface area (TPSA) is 90.2 Å². The van der Waals surface area contributed by atoms with Crippen molar-refractivity contribution in [3.05, 3.63) is 34.5 Å². The van der Waals surface area contributed by atoms with Gasteiger partial charge in [0, 0.05) is 24.6 Å². The Morgan fingerprint density at radius 1 is 1.45 bits per heavy atom. The maximum Gasteiger partial charge on any atom is 0.271 e. The Balaban J connectivity index is 1.76. The summed E-state index contributed by atoms with van der Waals surface area (Å²) in [6.07, 6.45) is 2.61. The number of hydrogen-bond donors (Lipinski definition) is 1. The second-order valence-corrected chi connectivity index (χ2v) is 4.81. The predicted octanol–water partition coefficient (Wildman–Crippen LogP) is 1.53. The van der Waals surface area contributed by atoms with Gasteiger partial charge in [-0.2, -0.15) is 0 Å². The van der Waals surface area contributed by atoms with Crippen LogP contribution in [0.5, 0.6) is 5.88 Å². The number of aromatic nitrogens is 2. The van der Waals surface area contributed by atoms with Gasteiger partial charge < -0.3 is 10.1 Å². The van der Waals surface area contributed by atoms with Gasteiger partial charge in [0.25, 0.3) is 5.69 Å². The van der Waals surface area contributed by atoms with Crippen molar-refractivity contribution in [1.29, 1.82) is 0 Å². The smallest absolute Gasteiger partial charge is 0.271 e. The summed E-state index contributed by atoms with van der Waals surface area (Å²) in [5.41, 5.74) is 1.10. The van der Waals surface area contributed by atoms with Crippen molar-refractivity contribution < 1.29 is 9.66 Å². The monoisotopic (exact) mass is 274 g/mol. The van der Waals surface area contributed by atoms with E-state index >= 15 is 0 Å². The Morgan fingerprint density at radius 2 is 2.35 bits per heavy atom. The average Bonchev–Trinajstić information content (AvgIpc) is 2.97. The lowest BCUT2D eigenvalue weighted by molar-refractivity contribution is -0.384. The second kappa shape index (κ2) is 5.38. The summed E-state index contributed by atoms with van der Waals surface area (Å²) in [6, 6.07) is 4.42. The van der Waals surface area contributed by atoms with E-state index < -0.39 is 4.92 Å². The molecule has 2 aromatic rings. The molecule has 20 heavy (non-hydrogen) atoms. The molecule has 1 atom stereocenters. The van der Waals surface area contributed by atoms with Crippen molar-refractivity contribution in [3.8, 4) is 5.88 Å². The molecule has 7 heteroatoms. The highest BCUT2D eigenvalue weighted by atomic mass is 16.6. The van der Waals surface area contributed by atoms with Crippen LogP contribution in [-0.4, -0.2) is 34.6 Å². The van der Waals surface area contributed by atoms with Gasteiger partial charge in [-0.3, -0.25) is 10.1 Å². The number of nitrogens with zero attached hydrogens (tertiary/aromatic N) is 3. The third-order valence-corrected chi connectivity index (χ3v) is 3.34. The summed E-state index contributed by atoms with van der Waals surface area (Å²) in [4.78, 5) is 18.7. The molecule has 1 aliphatic rings.